The van der Waals surface area contributed by atoms with E-state index in [0.717, 1.165) is 0 Å². The lowest BCUT2D eigenvalue weighted by atomic mass is 10.0. The van der Waals surface area contributed by atoms with Crippen LogP contribution in [-0.2, 0) is 9.59 Å². The third-order valence-corrected chi connectivity index (χ3v) is 4.37. The predicted octanol–water partition coefficient (Wildman–Crippen LogP) is -0.0853. The topological polar surface area (TPSA) is 98.8 Å². The number of carbonyl (C=O) groups excluding carboxylic acids is 4. The molecule has 1 aromatic carbocycles. The third kappa shape index (κ3) is 2.57. The number of imide groups is 2. The van der Waals surface area contributed by atoms with Crippen molar-refractivity contribution in [2.75, 3.05) is 30.9 Å². The minimum Gasteiger partial charge on any atom is -0.366 e. The van der Waals surface area contributed by atoms with Crippen LogP contribution in [0.25, 0.3) is 0 Å². The van der Waals surface area contributed by atoms with Crippen molar-refractivity contribution >= 4 is 29.3 Å². The molecular weight excluding hydrogens is 381 g/mol. The Kier molecular flexibility index (Phi) is 2.62. The Hall–Kier alpha value is -2.95. The molecule has 3 aliphatic rings. The molecule has 0 saturated carbocycles. The number of nitrogens with one attached hydrogen (secondary N) is 2. The maximum Gasteiger partial charge on any atom is 0.265 e. The van der Waals surface area contributed by atoms with E-state index in [4.69, 9.17) is 11.0 Å². The van der Waals surface area contributed by atoms with E-state index in [0.29, 0.717) is 0 Å². The number of anilines is 1. The Balaban J connectivity index is 2.02. The summed E-state index contributed by atoms with van der Waals surface area (Å²) in [6, 6.07) is -1.75. The molecule has 0 aliphatic carbocycles. The van der Waals surface area contributed by atoms with Crippen molar-refractivity contribution in [2.45, 2.75) is 18.9 Å². The van der Waals surface area contributed by atoms with Crippen molar-refractivity contribution in [1.82, 2.24) is 15.5 Å². The number of nitrogens with zero attached hydrogens (tertiary/aromatic N) is 2. The molecule has 0 bridgehead atoms. The van der Waals surface area contributed by atoms with Gasteiger partial charge in [0.15, 0.2) is 17.5 Å². The first kappa shape index (κ1) is 11.1. The summed E-state index contributed by atoms with van der Waals surface area (Å²) in [6.07, 6.45) is -0.816. The highest BCUT2D eigenvalue weighted by molar-refractivity contribution is 6.25. The molecular formula is C17H15F3N4O4. The van der Waals surface area contributed by atoms with Crippen LogP contribution in [0.15, 0.2) is 0 Å². The van der Waals surface area contributed by atoms with E-state index in [1.165, 1.54) is 5.32 Å². The van der Waals surface area contributed by atoms with Crippen LogP contribution in [0.5, 0.6) is 0 Å². The molecule has 0 aromatic heterocycles. The highest BCUT2D eigenvalue weighted by Crippen LogP contribution is 2.39. The van der Waals surface area contributed by atoms with Crippen LogP contribution in [0.3, 0.4) is 0 Å². The van der Waals surface area contributed by atoms with Crippen LogP contribution >= 0.6 is 0 Å². The molecule has 0 spiro atoms. The first-order valence-corrected chi connectivity index (χ1v) is 7.81. The Morgan fingerprint density at radius 3 is 2.21 bits per heavy atom. The number of benzene rings is 1. The molecule has 28 heavy (non-hydrogen) atoms. The van der Waals surface area contributed by atoms with Gasteiger partial charge in [0.1, 0.15) is 6.04 Å². The van der Waals surface area contributed by atoms with E-state index in [-0.39, 0.29) is 11.3 Å². The van der Waals surface area contributed by atoms with Crippen molar-refractivity contribution < 1.29 is 43.3 Å². The number of amides is 4. The lowest BCUT2D eigenvalue weighted by Gasteiger charge is -2.31. The van der Waals surface area contributed by atoms with Crippen molar-refractivity contribution in [3.63, 3.8) is 0 Å². The van der Waals surface area contributed by atoms with E-state index in [9.17, 15) is 28.0 Å². The van der Waals surface area contributed by atoms with Gasteiger partial charge in [0.05, 0.1) is 22.3 Å². The lowest BCUT2D eigenvalue weighted by Crippen LogP contribution is -2.54. The second-order valence-electron chi connectivity index (χ2n) is 5.92. The summed E-state index contributed by atoms with van der Waals surface area (Å²) >= 11 is 0. The maximum absolute atomic E-state index is 15.2. The number of carbonyl (C=O) groups is 4. The van der Waals surface area contributed by atoms with Crippen molar-refractivity contribution in [1.29, 1.82) is 0 Å². The van der Waals surface area contributed by atoms with Crippen molar-refractivity contribution in [3.05, 3.63) is 28.6 Å². The van der Waals surface area contributed by atoms with Gasteiger partial charge in [0.2, 0.25) is 11.8 Å². The zero-order chi connectivity index (χ0) is 27.3. The van der Waals surface area contributed by atoms with Gasteiger partial charge < -0.3 is 10.2 Å². The molecule has 4 amide bonds. The molecule has 3 heterocycles. The third-order valence-electron chi connectivity index (χ3n) is 4.37. The van der Waals surface area contributed by atoms with E-state index >= 15 is 4.39 Å². The summed E-state index contributed by atoms with van der Waals surface area (Å²) in [7, 11) is 0. The molecule has 148 valence electrons. The Bertz CT molecular complexity index is 1240. The quantitative estimate of drug-likeness (QED) is 0.528. The van der Waals surface area contributed by atoms with Crippen molar-refractivity contribution in [3.8, 4) is 0 Å². The summed E-state index contributed by atoms with van der Waals surface area (Å²) < 4.78 is 108. The molecule has 0 radical (unpaired) electrons. The SMILES string of the molecule is [2H]C1([2H])NC([2H])([2H])C([2H])([2H])N(c2c(F)c(F)c(F)c3c2C(=O)N(C2CCC(=O)NC2=O)C3=O)C1([2H])[2H]. The Labute approximate surface area is 167 Å². The van der Waals surface area contributed by atoms with Gasteiger partial charge in [-0.3, -0.25) is 29.4 Å². The number of hydrogen-bond acceptors (Lipinski definition) is 6. The fraction of sp³-hybridized carbons (Fsp3) is 0.412. The number of fused-ring (bicyclic) bond motifs is 1. The highest BCUT2D eigenvalue weighted by atomic mass is 19.2. The van der Waals surface area contributed by atoms with Gasteiger partial charge in [-0.2, -0.15) is 0 Å². The van der Waals surface area contributed by atoms with Crippen LogP contribution in [0.1, 0.15) is 44.5 Å². The fourth-order valence-electron chi connectivity index (χ4n) is 3.15. The lowest BCUT2D eigenvalue weighted by molar-refractivity contribution is -0.136. The van der Waals surface area contributed by atoms with Gasteiger partial charge in [-0.15, -0.1) is 0 Å². The standard InChI is InChI=1S/C17H15F3N4O4/c18-11-9-10(14(13(20)12(11)19)23-5-3-21-4-6-23)17(28)24(16(9)27)7-1-2-8(25)22-15(7)26/h7,21H,1-6H2,(H,22,25,26)/i3D2,4D2,5D2,6D2. The molecule has 11 heteroatoms. The minimum absolute atomic E-state index is 0.0779. The van der Waals surface area contributed by atoms with Crippen molar-refractivity contribution in [2.24, 2.45) is 0 Å². The molecule has 1 unspecified atom stereocenters. The fourth-order valence-corrected chi connectivity index (χ4v) is 3.15. The van der Waals surface area contributed by atoms with Crippen LogP contribution in [0, 0.1) is 17.5 Å². The average Bonchev–Trinajstić information content (AvgIpc) is 2.98. The molecule has 4 rings (SSSR count). The van der Waals surface area contributed by atoms with E-state index < -0.39 is 101 Å². The van der Waals surface area contributed by atoms with Gasteiger partial charge in [0.25, 0.3) is 11.8 Å². The van der Waals surface area contributed by atoms with E-state index in [1.54, 1.807) is 0 Å². The summed E-state index contributed by atoms with van der Waals surface area (Å²) in [5.41, 5.74) is -4.70. The van der Waals surface area contributed by atoms with Gasteiger partial charge in [-0.05, 0) is 6.42 Å². The highest BCUT2D eigenvalue weighted by Gasteiger charge is 2.49. The number of rotatable bonds is 2. The number of halogens is 3. The molecule has 2 saturated heterocycles. The molecule has 3 aliphatic heterocycles. The number of hydrogen-bond donors (Lipinski definition) is 2. The van der Waals surface area contributed by atoms with Crippen LogP contribution in [0.2, 0.25) is 0 Å². The molecule has 1 aromatic rings. The minimum atomic E-state index is -3.77. The molecule has 2 N–H and O–H groups in total. The summed E-state index contributed by atoms with van der Waals surface area (Å²) in [4.78, 5) is 49.5. The van der Waals surface area contributed by atoms with Crippen LogP contribution < -0.4 is 15.5 Å². The normalized spacial score (nSPS) is 34.0. The summed E-state index contributed by atoms with van der Waals surface area (Å²) in [5, 5.41) is 3.29. The van der Waals surface area contributed by atoms with Gasteiger partial charge in [-0.25, -0.2) is 13.2 Å². The maximum atomic E-state index is 15.2. The largest absolute Gasteiger partial charge is 0.366 e. The smallest absolute Gasteiger partial charge is 0.265 e. The molecule has 1 atom stereocenters. The molecule has 2 fully saturated rings. The van der Waals surface area contributed by atoms with Gasteiger partial charge in [0, 0.05) is 37.9 Å². The number of piperazine rings is 1. The van der Waals surface area contributed by atoms with Crippen LogP contribution in [-0.4, -0.2) is 60.6 Å². The zero-order valence-electron chi connectivity index (χ0n) is 21.7. The first-order chi connectivity index (χ1) is 16.3. The second kappa shape index (κ2) is 6.59. The average molecular weight is 404 g/mol. The number of piperidine rings is 1. The summed E-state index contributed by atoms with van der Waals surface area (Å²) in [6.45, 7) is -14.6. The molecule has 8 nitrogen and oxygen atoms in total. The predicted molar refractivity (Wildman–Crippen MR) is 88.1 cm³/mol. The zero-order valence-corrected chi connectivity index (χ0v) is 13.7. The van der Waals surface area contributed by atoms with Gasteiger partial charge in [-0.1, -0.05) is 0 Å². The van der Waals surface area contributed by atoms with E-state index in [2.05, 4.69) is 0 Å². The van der Waals surface area contributed by atoms with E-state index in [1.807, 2.05) is 5.32 Å². The Morgan fingerprint density at radius 2 is 1.57 bits per heavy atom. The monoisotopic (exact) mass is 404 g/mol. The second-order valence-corrected chi connectivity index (χ2v) is 5.92. The van der Waals surface area contributed by atoms with Crippen LogP contribution in [0.4, 0.5) is 18.9 Å². The summed E-state index contributed by atoms with van der Waals surface area (Å²) in [5.74, 6) is -12.4. The Morgan fingerprint density at radius 1 is 0.929 bits per heavy atom. The first-order valence-electron chi connectivity index (χ1n) is 11.8. The van der Waals surface area contributed by atoms with Gasteiger partial charge >= 0.3 is 0 Å².